The Morgan fingerprint density at radius 3 is 2.36 bits per heavy atom. The average Bonchev–Trinajstić information content (AvgIpc) is 2.72. The molecule has 1 N–H and O–H groups in total. The summed E-state index contributed by atoms with van der Waals surface area (Å²) in [6, 6.07) is 25.3. The maximum absolute atomic E-state index is 12.6. The van der Waals surface area contributed by atoms with Gasteiger partial charge in [0.1, 0.15) is 5.75 Å². The maximum atomic E-state index is 12.6. The van der Waals surface area contributed by atoms with E-state index in [1.165, 1.54) is 0 Å². The molecule has 3 aromatic carbocycles. The van der Waals surface area contributed by atoms with Crippen molar-refractivity contribution < 1.29 is 9.53 Å². The van der Waals surface area contributed by atoms with Crippen molar-refractivity contribution in [2.75, 3.05) is 6.61 Å². The molecule has 0 fully saturated rings. The second-order valence-corrected chi connectivity index (χ2v) is 7.11. The van der Waals surface area contributed by atoms with E-state index >= 15 is 0 Å². The van der Waals surface area contributed by atoms with E-state index in [9.17, 15) is 4.79 Å². The van der Waals surface area contributed by atoms with Crippen LogP contribution in [0.25, 0.3) is 0 Å². The molecule has 28 heavy (non-hydrogen) atoms. The first-order valence-electron chi connectivity index (χ1n) is 9.41. The second kappa shape index (κ2) is 9.95. The van der Waals surface area contributed by atoms with Gasteiger partial charge in [-0.05, 0) is 54.3 Å². The Bertz CT molecular complexity index is 894. The van der Waals surface area contributed by atoms with Crippen LogP contribution in [0.3, 0.4) is 0 Å². The normalized spacial score (nSPS) is 11.6. The summed E-state index contributed by atoms with van der Waals surface area (Å²) in [6.07, 6.45) is 1.05. The van der Waals surface area contributed by atoms with E-state index in [0.29, 0.717) is 24.5 Å². The van der Waals surface area contributed by atoms with E-state index in [1.54, 1.807) is 12.1 Å². The summed E-state index contributed by atoms with van der Waals surface area (Å²) in [5, 5.41) is 3.86. The van der Waals surface area contributed by atoms with Crippen LogP contribution in [0.2, 0.25) is 5.02 Å². The molecule has 0 spiro atoms. The molecule has 144 valence electrons. The molecule has 1 unspecified atom stereocenters. The van der Waals surface area contributed by atoms with Gasteiger partial charge in [-0.3, -0.25) is 4.79 Å². The number of hydrogen-bond acceptors (Lipinski definition) is 2. The zero-order chi connectivity index (χ0) is 19.8. The molecule has 0 radical (unpaired) electrons. The number of hydrogen-bond donors (Lipinski definition) is 1. The Morgan fingerprint density at radius 1 is 0.964 bits per heavy atom. The number of nitrogens with one attached hydrogen (secondary N) is 1. The van der Waals surface area contributed by atoms with Crippen molar-refractivity contribution in [1.82, 2.24) is 5.32 Å². The predicted molar refractivity (Wildman–Crippen MR) is 114 cm³/mol. The largest absolute Gasteiger partial charge is 0.494 e. The highest BCUT2D eigenvalue weighted by molar-refractivity contribution is 6.30. The molecule has 0 aliphatic rings. The van der Waals surface area contributed by atoms with Crippen molar-refractivity contribution in [3.63, 3.8) is 0 Å². The van der Waals surface area contributed by atoms with Crippen LogP contribution in [0.5, 0.6) is 5.75 Å². The first-order chi connectivity index (χ1) is 13.6. The molecule has 4 heteroatoms. The Kier molecular flexibility index (Phi) is 7.10. The lowest BCUT2D eigenvalue weighted by Gasteiger charge is -2.21. The number of ether oxygens (including phenoxy) is 1. The summed E-state index contributed by atoms with van der Waals surface area (Å²) in [4.78, 5) is 12.6. The first kappa shape index (κ1) is 20.0. The zero-order valence-corrected chi connectivity index (χ0v) is 16.7. The monoisotopic (exact) mass is 393 g/mol. The fraction of sp³-hybridized carbons (Fsp3) is 0.208. The highest BCUT2D eigenvalue weighted by Crippen LogP contribution is 2.25. The van der Waals surface area contributed by atoms with Gasteiger partial charge in [-0.1, -0.05) is 66.2 Å². The van der Waals surface area contributed by atoms with Gasteiger partial charge in [0.25, 0.3) is 0 Å². The van der Waals surface area contributed by atoms with Crippen molar-refractivity contribution in [2.45, 2.75) is 25.8 Å². The van der Waals surface area contributed by atoms with Crippen LogP contribution < -0.4 is 10.1 Å². The van der Waals surface area contributed by atoms with Crippen LogP contribution in [-0.4, -0.2) is 12.5 Å². The van der Waals surface area contributed by atoms with Gasteiger partial charge in [-0.25, -0.2) is 0 Å². The minimum Gasteiger partial charge on any atom is -0.494 e. The summed E-state index contributed by atoms with van der Waals surface area (Å²) in [5.41, 5.74) is 3.34. The van der Waals surface area contributed by atoms with Gasteiger partial charge in [0, 0.05) is 11.4 Å². The van der Waals surface area contributed by atoms with Crippen molar-refractivity contribution >= 4 is 17.5 Å². The van der Waals surface area contributed by atoms with Crippen LogP contribution in [0, 0.1) is 6.92 Å². The molecule has 1 atom stereocenters. The highest BCUT2D eigenvalue weighted by Gasteiger charge is 2.18. The number of carbonyl (C=O) groups excluding carboxylic acids is 1. The number of halogens is 1. The standard InChI is InChI=1S/C24H24ClNO2/c1-18-8-5-6-11-22(18)24(19-9-3-2-4-10-19)26-23(27)12-7-17-28-21-15-13-20(25)14-16-21/h2-6,8-11,13-16,24H,7,12,17H2,1H3,(H,26,27). The summed E-state index contributed by atoms with van der Waals surface area (Å²) in [7, 11) is 0. The lowest BCUT2D eigenvalue weighted by atomic mass is 9.95. The summed E-state index contributed by atoms with van der Waals surface area (Å²) < 4.78 is 5.67. The third-order valence-corrected chi connectivity index (χ3v) is 4.82. The molecule has 0 saturated heterocycles. The number of benzene rings is 3. The average molecular weight is 394 g/mol. The van der Waals surface area contributed by atoms with Crippen molar-refractivity contribution in [1.29, 1.82) is 0 Å². The van der Waals surface area contributed by atoms with E-state index in [-0.39, 0.29) is 11.9 Å². The molecule has 0 heterocycles. The van der Waals surface area contributed by atoms with Gasteiger partial charge in [-0.15, -0.1) is 0 Å². The fourth-order valence-electron chi connectivity index (χ4n) is 3.08. The Balaban J connectivity index is 1.59. The summed E-state index contributed by atoms with van der Waals surface area (Å²) in [5.74, 6) is 0.767. The quantitative estimate of drug-likeness (QED) is 0.497. The molecule has 0 saturated carbocycles. The number of amides is 1. The molecular weight excluding hydrogens is 370 g/mol. The highest BCUT2D eigenvalue weighted by atomic mass is 35.5. The summed E-state index contributed by atoms with van der Waals surface area (Å²) in [6.45, 7) is 2.55. The zero-order valence-electron chi connectivity index (χ0n) is 15.9. The fourth-order valence-corrected chi connectivity index (χ4v) is 3.21. The van der Waals surface area contributed by atoms with Gasteiger partial charge in [0.15, 0.2) is 0 Å². The molecule has 3 rings (SSSR count). The maximum Gasteiger partial charge on any atom is 0.220 e. The Labute approximate surface area is 171 Å². The molecule has 0 bridgehead atoms. The minimum atomic E-state index is -0.160. The Morgan fingerprint density at radius 2 is 1.64 bits per heavy atom. The van der Waals surface area contributed by atoms with Gasteiger partial charge >= 0.3 is 0 Å². The van der Waals surface area contributed by atoms with Crippen molar-refractivity contribution in [3.05, 3.63) is 101 Å². The lowest BCUT2D eigenvalue weighted by molar-refractivity contribution is -0.121. The number of carbonyl (C=O) groups is 1. The van der Waals surface area contributed by atoms with Gasteiger partial charge in [-0.2, -0.15) is 0 Å². The lowest BCUT2D eigenvalue weighted by Crippen LogP contribution is -2.29. The SMILES string of the molecule is Cc1ccccc1C(NC(=O)CCCOc1ccc(Cl)cc1)c1ccccc1. The third-order valence-electron chi connectivity index (χ3n) is 4.57. The van der Waals surface area contributed by atoms with Crippen LogP contribution in [0.1, 0.15) is 35.6 Å². The number of rotatable bonds is 8. The molecular formula is C24H24ClNO2. The third kappa shape index (κ3) is 5.61. The van der Waals surface area contributed by atoms with Crippen LogP contribution in [0.4, 0.5) is 0 Å². The number of aryl methyl sites for hydroxylation is 1. The van der Waals surface area contributed by atoms with Crippen LogP contribution >= 0.6 is 11.6 Å². The minimum absolute atomic E-state index is 0.0109. The van der Waals surface area contributed by atoms with Crippen molar-refractivity contribution in [2.24, 2.45) is 0 Å². The van der Waals surface area contributed by atoms with Crippen molar-refractivity contribution in [3.8, 4) is 5.75 Å². The molecule has 3 aromatic rings. The van der Waals surface area contributed by atoms with E-state index in [0.717, 1.165) is 22.4 Å². The topological polar surface area (TPSA) is 38.3 Å². The molecule has 0 aromatic heterocycles. The molecule has 3 nitrogen and oxygen atoms in total. The smallest absolute Gasteiger partial charge is 0.220 e. The van der Waals surface area contributed by atoms with Gasteiger partial charge in [0.05, 0.1) is 12.6 Å². The molecule has 1 amide bonds. The van der Waals surface area contributed by atoms with Gasteiger partial charge < -0.3 is 10.1 Å². The first-order valence-corrected chi connectivity index (χ1v) is 9.79. The molecule has 0 aliphatic heterocycles. The Hall–Kier alpha value is -2.78. The predicted octanol–water partition coefficient (Wildman–Crippen LogP) is 5.71. The second-order valence-electron chi connectivity index (χ2n) is 6.67. The van der Waals surface area contributed by atoms with Crippen LogP contribution in [-0.2, 0) is 4.79 Å². The van der Waals surface area contributed by atoms with E-state index < -0.39 is 0 Å². The van der Waals surface area contributed by atoms with E-state index in [2.05, 4.69) is 24.4 Å². The molecule has 0 aliphatic carbocycles. The van der Waals surface area contributed by atoms with E-state index in [4.69, 9.17) is 16.3 Å². The van der Waals surface area contributed by atoms with E-state index in [1.807, 2.05) is 54.6 Å². The van der Waals surface area contributed by atoms with Crippen LogP contribution in [0.15, 0.2) is 78.9 Å². The van der Waals surface area contributed by atoms with Gasteiger partial charge in [0.2, 0.25) is 5.91 Å². The summed E-state index contributed by atoms with van der Waals surface area (Å²) >= 11 is 5.87.